The highest BCUT2D eigenvalue weighted by Gasteiger charge is 2.46. The molecule has 1 N–H and O–H groups in total. The van der Waals surface area contributed by atoms with Gasteiger partial charge < -0.3 is 10.2 Å². The largest absolute Gasteiger partial charge is 0.342 e. The maximum atomic E-state index is 13.0. The lowest BCUT2D eigenvalue weighted by Crippen LogP contribution is -2.55. The van der Waals surface area contributed by atoms with Gasteiger partial charge in [0.1, 0.15) is 5.54 Å². The summed E-state index contributed by atoms with van der Waals surface area (Å²) in [5.74, 6) is 0.0681. The standard InChI is InChI=1S/C17H22N2O2/c1-2-13-6-5-7-14(12-13)19-11-8-15(20)18-17(16(19)21)9-3-4-10-17/h5-7,12H,2-4,8-11H2,1H3,(H,18,20). The summed E-state index contributed by atoms with van der Waals surface area (Å²) in [6.07, 6.45) is 4.87. The van der Waals surface area contributed by atoms with Crippen molar-refractivity contribution in [1.29, 1.82) is 0 Å². The molecule has 1 spiro atoms. The van der Waals surface area contributed by atoms with E-state index in [1.807, 2.05) is 17.0 Å². The molecule has 3 rings (SSSR count). The van der Waals surface area contributed by atoms with E-state index < -0.39 is 5.54 Å². The third-order valence-corrected chi connectivity index (χ3v) is 4.68. The van der Waals surface area contributed by atoms with Crippen LogP contribution in [0.3, 0.4) is 0 Å². The van der Waals surface area contributed by atoms with Crippen molar-refractivity contribution in [2.24, 2.45) is 0 Å². The van der Waals surface area contributed by atoms with Gasteiger partial charge in [0.05, 0.1) is 0 Å². The number of amides is 2. The molecule has 1 heterocycles. The highest BCUT2D eigenvalue weighted by molar-refractivity contribution is 6.04. The highest BCUT2D eigenvalue weighted by atomic mass is 16.2. The van der Waals surface area contributed by atoms with Gasteiger partial charge in [-0.15, -0.1) is 0 Å². The van der Waals surface area contributed by atoms with E-state index in [2.05, 4.69) is 24.4 Å². The van der Waals surface area contributed by atoms with Crippen molar-refractivity contribution in [1.82, 2.24) is 5.32 Å². The predicted octanol–water partition coefficient (Wildman–Crippen LogP) is 2.41. The number of rotatable bonds is 2. The van der Waals surface area contributed by atoms with E-state index in [0.717, 1.165) is 37.8 Å². The molecule has 2 fully saturated rings. The first kappa shape index (κ1) is 14.1. The van der Waals surface area contributed by atoms with Crippen LogP contribution in [-0.2, 0) is 16.0 Å². The van der Waals surface area contributed by atoms with E-state index >= 15 is 0 Å². The molecule has 0 unspecified atom stereocenters. The van der Waals surface area contributed by atoms with Crippen molar-refractivity contribution in [2.75, 3.05) is 11.4 Å². The van der Waals surface area contributed by atoms with E-state index in [0.29, 0.717) is 13.0 Å². The zero-order chi connectivity index (χ0) is 14.9. The molecule has 4 heteroatoms. The molecule has 1 saturated heterocycles. The number of carbonyl (C=O) groups excluding carboxylic acids is 2. The molecule has 1 aromatic rings. The Bertz CT molecular complexity index is 562. The normalized spacial score (nSPS) is 21.5. The molecule has 0 bridgehead atoms. The summed E-state index contributed by atoms with van der Waals surface area (Å²) in [7, 11) is 0. The molecule has 1 aliphatic carbocycles. The zero-order valence-corrected chi connectivity index (χ0v) is 12.5. The van der Waals surface area contributed by atoms with Crippen LogP contribution in [0.1, 0.15) is 44.6 Å². The van der Waals surface area contributed by atoms with Crippen LogP contribution in [-0.4, -0.2) is 23.9 Å². The summed E-state index contributed by atoms with van der Waals surface area (Å²) in [6, 6.07) is 8.09. The average Bonchev–Trinajstić information content (AvgIpc) is 2.92. The van der Waals surface area contributed by atoms with Gasteiger partial charge in [0.2, 0.25) is 5.91 Å². The van der Waals surface area contributed by atoms with Crippen molar-refractivity contribution in [3.63, 3.8) is 0 Å². The second kappa shape index (κ2) is 5.51. The van der Waals surface area contributed by atoms with Crippen LogP contribution < -0.4 is 10.2 Å². The number of anilines is 1. The fraction of sp³-hybridized carbons (Fsp3) is 0.529. The Morgan fingerprint density at radius 2 is 2.00 bits per heavy atom. The summed E-state index contributed by atoms with van der Waals surface area (Å²) in [6.45, 7) is 2.58. The first-order chi connectivity index (χ1) is 10.1. The summed E-state index contributed by atoms with van der Waals surface area (Å²) < 4.78 is 0. The van der Waals surface area contributed by atoms with Crippen molar-refractivity contribution in [3.05, 3.63) is 29.8 Å². The topological polar surface area (TPSA) is 49.4 Å². The van der Waals surface area contributed by atoms with Crippen molar-refractivity contribution >= 4 is 17.5 Å². The monoisotopic (exact) mass is 286 g/mol. The third-order valence-electron chi connectivity index (χ3n) is 4.68. The second-order valence-corrected chi connectivity index (χ2v) is 6.07. The number of nitrogens with one attached hydrogen (secondary N) is 1. The zero-order valence-electron chi connectivity index (χ0n) is 12.5. The molecule has 1 aromatic carbocycles. The molecule has 2 amide bonds. The fourth-order valence-corrected chi connectivity index (χ4v) is 3.46. The van der Waals surface area contributed by atoms with Crippen LogP contribution in [0.15, 0.2) is 24.3 Å². The number of carbonyl (C=O) groups is 2. The van der Waals surface area contributed by atoms with Gasteiger partial charge in [-0.3, -0.25) is 9.59 Å². The predicted molar refractivity (Wildman–Crippen MR) is 82.1 cm³/mol. The van der Waals surface area contributed by atoms with Crippen molar-refractivity contribution in [3.8, 4) is 0 Å². The van der Waals surface area contributed by atoms with Gasteiger partial charge in [0.25, 0.3) is 5.91 Å². The first-order valence-corrected chi connectivity index (χ1v) is 7.86. The van der Waals surface area contributed by atoms with Crippen LogP contribution >= 0.6 is 0 Å². The first-order valence-electron chi connectivity index (χ1n) is 7.86. The maximum Gasteiger partial charge on any atom is 0.252 e. The lowest BCUT2D eigenvalue weighted by molar-refractivity contribution is -0.129. The summed E-state index contributed by atoms with van der Waals surface area (Å²) in [5.41, 5.74) is 1.47. The minimum Gasteiger partial charge on any atom is -0.342 e. The van der Waals surface area contributed by atoms with E-state index in [1.54, 1.807) is 0 Å². The molecular formula is C17H22N2O2. The molecule has 0 radical (unpaired) electrons. The molecule has 4 nitrogen and oxygen atoms in total. The summed E-state index contributed by atoms with van der Waals surface area (Å²) in [5, 5.41) is 3.00. The molecule has 21 heavy (non-hydrogen) atoms. The highest BCUT2D eigenvalue weighted by Crippen LogP contribution is 2.34. The summed E-state index contributed by atoms with van der Waals surface area (Å²) in [4.78, 5) is 26.8. The number of hydrogen-bond acceptors (Lipinski definition) is 2. The van der Waals surface area contributed by atoms with Gasteiger partial charge >= 0.3 is 0 Å². The fourth-order valence-electron chi connectivity index (χ4n) is 3.46. The number of hydrogen-bond donors (Lipinski definition) is 1. The van der Waals surface area contributed by atoms with E-state index in [4.69, 9.17) is 0 Å². The molecule has 112 valence electrons. The number of nitrogens with zero attached hydrogens (tertiary/aromatic N) is 1. The molecule has 0 aromatic heterocycles. The van der Waals surface area contributed by atoms with Gasteiger partial charge in [-0.05, 0) is 37.0 Å². The minimum absolute atomic E-state index is 0.000559. The van der Waals surface area contributed by atoms with E-state index in [-0.39, 0.29) is 11.8 Å². The van der Waals surface area contributed by atoms with Crippen LogP contribution in [0.5, 0.6) is 0 Å². The van der Waals surface area contributed by atoms with Gasteiger partial charge in [-0.1, -0.05) is 31.9 Å². The minimum atomic E-state index is -0.657. The van der Waals surface area contributed by atoms with Crippen LogP contribution in [0.4, 0.5) is 5.69 Å². The molecule has 2 aliphatic rings. The quantitative estimate of drug-likeness (QED) is 0.907. The maximum absolute atomic E-state index is 13.0. The summed E-state index contributed by atoms with van der Waals surface area (Å²) >= 11 is 0. The molecule has 1 aliphatic heterocycles. The van der Waals surface area contributed by atoms with Crippen molar-refractivity contribution < 1.29 is 9.59 Å². The van der Waals surface area contributed by atoms with Gasteiger partial charge in [0.15, 0.2) is 0 Å². The van der Waals surface area contributed by atoms with Gasteiger partial charge in [-0.2, -0.15) is 0 Å². The van der Waals surface area contributed by atoms with Crippen LogP contribution in [0.25, 0.3) is 0 Å². The average molecular weight is 286 g/mol. The Balaban J connectivity index is 1.96. The Kier molecular flexibility index (Phi) is 3.70. The van der Waals surface area contributed by atoms with E-state index in [1.165, 1.54) is 5.56 Å². The number of benzene rings is 1. The van der Waals surface area contributed by atoms with Crippen LogP contribution in [0.2, 0.25) is 0 Å². The lowest BCUT2D eigenvalue weighted by Gasteiger charge is -2.32. The SMILES string of the molecule is CCc1cccc(N2CCC(=O)NC3(CCCC3)C2=O)c1. The van der Waals surface area contributed by atoms with Gasteiger partial charge in [0, 0.05) is 18.7 Å². The van der Waals surface area contributed by atoms with Gasteiger partial charge in [-0.25, -0.2) is 0 Å². The van der Waals surface area contributed by atoms with E-state index in [9.17, 15) is 9.59 Å². The smallest absolute Gasteiger partial charge is 0.252 e. The lowest BCUT2D eigenvalue weighted by atomic mass is 9.95. The Labute approximate surface area is 125 Å². The number of aryl methyl sites for hydroxylation is 1. The Morgan fingerprint density at radius 3 is 2.71 bits per heavy atom. The molecule has 0 atom stereocenters. The third kappa shape index (κ3) is 2.55. The molecular weight excluding hydrogens is 264 g/mol. The van der Waals surface area contributed by atoms with Crippen LogP contribution in [0, 0.1) is 0 Å². The Morgan fingerprint density at radius 1 is 1.24 bits per heavy atom. The Hall–Kier alpha value is -1.84. The molecule has 1 saturated carbocycles. The second-order valence-electron chi connectivity index (χ2n) is 6.07. The van der Waals surface area contributed by atoms with Crippen molar-refractivity contribution in [2.45, 2.75) is 51.0 Å².